The third kappa shape index (κ3) is 8.87. The molecule has 3 heterocycles. The molecule has 1 aromatic heterocycles. The Bertz CT molecular complexity index is 700. The summed E-state index contributed by atoms with van der Waals surface area (Å²) in [4.78, 5) is 24.6. The molecule has 0 aromatic carbocycles. The van der Waals surface area contributed by atoms with Crippen molar-refractivity contribution in [2.24, 2.45) is 0 Å². The number of likely N-dealkylation sites (tertiary alicyclic amines) is 2. The Kier molecular flexibility index (Phi) is 9.97. The van der Waals surface area contributed by atoms with Gasteiger partial charge in [0.05, 0.1) is 0 Å². The van der Waals surface area contributed by atoms with Crippen LogP contribution in [0.4, 0.5) is 26.3 Å². The first-order chi connectivity index (χ1) is 14.3. The van der Waals surface area contributed by atoms with Gasteiger partial charge in [-0.15, -0.1) is 17.9 Å². The van der Waals surface area contributed by atoms with E-state index in [1.54, 1.807) is 0 Å². The summed E-state index contributed by atoms with van der Waals surface area (Å²) in [6, 6.07) is 5.99. The van der Waals surface area contributed by atoms with Gasteiger partial charge in [0.25, 0.3) is 0 Å². The van der Waals surface area contributed by atoms with Crippen molar-refractivity contribution >= 4 is 23.3 Å². The Balaban J connectivity index is 0.000000288. The van der Waals surface area contributed by atoms with Crippen LogP contribution in [-0.4, -0.2) is 76.0 Å². The molecule has 2 atom stereocenters. The number of carboxylic acids is 2. The third-order valence-corrected chi connectivity index (χ3v) is 5.46. The number of hydrogen-bond donors (Lipinski definition) is 2. The lowest BCUT2D eigenvalue weighted by Gasteiger charge is -2.24. The lowest BCUT2D eigenvalue weighted by Crippen LogP contribution is -2.36. The number of hydrogen-bond acceptors (Lipinski definition) is 5. The summed E-state index contributed by atoms with van der Waals surface area (Å²) in [5.41, 5.74) is 0. The van der Waals surface area contributed by atoms with E-state index in [4.69, 9.17) is 19.8 Å². The normalized spacial score (nSPS) is 21.4. The molecule has 3 rings (SSSR count). The van der Waals surface area contributed by atoms with E-state index >= 15 is 0 Å². The molecule has 2 N–H and O–H groups in total. The molecule has 0 aliphatic carbocycles. The summed E-state index contributed by atoms with van der Waals surface area (Å²) >= 11 is 1.88. The van der Waals surface area contributed by atoms with Gasteiger partial charge in [-0.25, -0.2) is 9.59 Å². The van der Waals surface area contributed by atoms with E-state index in [1.807, 2.05) is 17.4 Å². The van der Waals surface area contributed by atoms with Gasteiger partial charge in [0, 0.05) is 43.1 Å². The SMILES string of the molecule is C=CCN1CC[C@@H]2[C@@H]1CCN2Cc1cccs1.O=C(O)C(F)(F)F.O=C(O)C(F)(F)F. The summed E-state index contributed by atoms with van der Waals surface area (Å²) in [6.07, 6.45) is -5.45. The first-order valence-corrected chi connectivity index (χ1v) is 9.87. The molecular formula is C18H22F6N2O4S. The fourth-order valence-corrected chi connectivity index (χ4v) is 4.09. The molecule has 0 radical (unpaired) electrons. The number of carboxylic acid groups (broad SMARTS) is 2. The molecule has 13 heteroatoms. The number of fused-ring (bicyclic) bond motifs is 1. The smallest absolute Gasteiger partial charge is 0.475 e. The minimum absolute atomic E-state index is 0.785. The number of carbonyl (C=O) groups is 2. The van der Waals surface area contributed by atoms with Crippen molar-refractivity contribution in [2.75, 3.05) is 19.6 Å². The van der Waals surface area contributed by atoms with Gasteiger partial charge < -0.3 is 10.2 Å². The minimum atomic E-state index is -5.08. The van der Waals surface area contributed by atoms with Gasteiger partial charge in [-0.2, -0.15) is 26.3 Å². The van der Waals surface area contributed by atoms with E-state index in [2.05, 4.69) is 33.9 Å². The molecule has 2 saturated heterocycles. The van der Waals surface area contributed by atoms with Crippen LogP contribution in [0.5, 0.6) is 0 Å². The second-order valence-electron chi connectivity index (χ2n) is 6.65. The predicted octanol–water partition coefficient (Wildman–Crippen LogP) is 3.85. The van der Waals surface area contributed by atoms with Crippen LogP contribution in [0.25, 0.3) is 0 Å². The zero-order valence-electron chi connectivity index (χ0n) is 16.2. The lowest BCUT2D eigenvalue weighted by molar-refractivity contribution is -0.193. The van der Waals surface area contributed by atoms with E-state index in [9.17, 15) is 26.3 Å². The van der Waals surface area contributed by atoms with Crippen molar-refractivity contribution in [1.29, 1.82) is 0 Å². The van der Waals surface area contributed by atoms with Crippen LogP contribution in [0.15, 0.2) is 30.2 Å². The Morgan fingerprint density at radius 2 is 1.48 bits per heavy atom. The van der Waals surface area contributed by atoms with Crippen LogP contribution in [0, 0.1) is 0 Å². The van der Waals surface area contributed by atoms with E-state index in [0.29, 0.717) is 0 Å². The number of aliphatic carboxylic acids is 2. The largest absolute Gasteiger partial charge is 0.490 e. The van der Waals surface area contributed by atoms with Crippen LogP contribution in [0.3, 0.4) is 0 Å². The van der Waals surface area contributed by atoms with Crippen LogP contribution in [0.1, 0.15) is 17.7 Å². The summed E-state index contributed by atoms with van der Waals surface area (Å²) in [6.45, 7) is 8.60. The van der Waals surface area contributed by atoms with Gasteiger partial charge in [0.15, 0.2) is 0 Å². The summed E-state index contributed by atoms with van der Waals surface area (Å²) in [5, 5.41) is 16.4. The molecule has 0 unspecified atom stereocenters. The summed E-state index contributed by atoms with van der Waals surface area (Å²) in [5.74, 6) is -5.51. The fraction of sp³-hybridized carbons (Fsp3) is 0.556. The van der Waals surface area contributed by atoms with Crippen LogP contribution in [0.2, 0.25) is 0 Å². The first-order valence-electron chi connectivity index (χ1n) is 8.99. The molecule has 2 aliphatic rings. The van der Waals surface area contributed by atoms with Gasteiger partial charge >= 0.3 is 24.3 Å². The van der Waals surface area contributed by atoms with Crippen LogP contribution in [-0.2, 0) is 16.1 Å². The van der Waals surface area contributed by atoms with Crippen LogP contribution >= 0.6 is 11.3 Å². The molecule has 31 heavy (non-hydrogen) atoms. The highest BCUT2D eigenvalue weighted by Gasteiger charge is 2.41. The number of thiophene rings is 1. The Labute approximate surface area is 178 Å². The van der Waals surface area contributed by atoms with Gasteiger partial charge in [-0.05, 0) is 24.3 Å². The zero-order chi connectivity index (χ0) is 23.8. The number of alkyl halides is 6. The summed E-state index contributed by atoms with van der Waals surface area (Å²) < 4.78 is 63.5. The van der Waals surface area contributed by atoms with E-state index in [1.165, 1.54) is 30.8 Å². The van der Waals surface area contributed by atoms with Crippen molar-refractivity contribution in [1.82, 2.24) is 9.80 Å². The van der Waals surface area contributed by atoms with E-state index in [-0.39, 0.29) is 0 Å². The molecule has 0 amide bonds. The molecule has 2 fully saturated rings. The average molecular weight is 476 g/mol. The predicted molar refractivity (Wildman–Crippen MR) is 101 cm³/mol. The number of nitrogens with zero attached hydrogens (tertiary/aromatic N) is 2. The fourth-order valence-electron chi connectivity index (χ4n) is 3.36. The van der Waals surface area contributed by atoms with Crippen molar-refractivity contribution in [3.05, 3.63) is 35.0 Å². The number of rotatable bonds is 4. The Morgan fingerprint density at radius 1 is 1.03 bits per heavy atom. The van der Waals surface area contributed by atoms with Crippen molar-refractivity contribution in [3.8, 4) is 0 Å². The molecular weight excluding hydrogens is 454 g/mol. The minimum Gasteiger partial charge on any atom is -0.475 e. The van der Waals surface area contributed by atoms with Gasteiger partial charge in [-0.1, -0.05) is 12.1 Å². The van der Waals surface area contributed by atoms with Gasteiger partial charge in [-0.3, -0.25) is 9.80 Å². The zero-order valence-corrected chi connectivity index (χ0v) is 17.0. The maximum Gasteiger partial charge on any atom is 0.490 e. The quantitative estimate of drug-likeness (QED) is 0.508. The topological polar surface area (TPSA) is 81.1 Å². The Hall–Kier alpha value is -2.12. The Morgan fingerprint density at radius 3 is 1.87 bits per heavy atom. The third-order valence-electron chi connectivity index (χ3n) is 4.59. The second-order valence-corrected chi connectivity index (χ2v) is 7.68. The van der Waals surface area contributed by atoms with Gasteiger partial charge in [0.2, 0.25) is 0 Å². The van der Waals surface area contributed by atoms with Gasteiger partial charge in [0.1, 0.15) is 0 Å². The molecule has 6 nitrogen and oxygen atoms in total. The van der Waals surface area contributed by atoms with Crippen molar-refractivity contribution in [2.45, 2.75) is 43.8 Å². The lowest BCUT2D eigenvalue weighted by atomic mass is 10.1. The molecule has 0 spiro atoms. The maximum atomic E-state index is 10.6. The molecule has 1 aromatic rings. The first kappa shape index (κ1) is 26.9. The average Bonchev–Trinajstić information content (AvgIpc) is 3.36. The second kappa shape index (κ2) is 11.5. The highest BCUT2D eigenvalue weighted by atomic mass is 32.1. The molecule has 0 bridgehead atoms. The highest BCUT2D eigenvalue weighted by Crippen LogP contribution is 2.32. The van der Waals surface area contributed by atoms with E-state index < -0.39 is 24.3 Å². The van der Waals surface area contributed by atoms with Crippen molar-refractivity contribution < 1.29 is 46.1 Å². The summed E-state index contributed by atoms with van der Waals surface area (Å²) in [7, 11) is 0. The molecule has 0 saturated carbocycles. The molecule has 2 aliphatic heterocycles. The monoisotopic (exact) mass is 476 g/mol. The maximum absolute atomic E-state index is 10.6. The van der Waals surface area contributed by atoms with Crippen molar-refractivity contribution in [3.63, 3.8) is 0 Å². The standard InChI is InChI=1S/C14H20N2S.2C2HF3O2/c1-2-7-15-8-5-14-13(15)6-9-16(14)11-12-4-3-10-17-12;2*3-2(4,5)1(6)7/h2-4,10,13-14H,1,5-9,11H2;2*(H,6,7)/t13-,14+;;/m0../s1. The van der Waals surface area contributed by atoms with Crippen LogP contribution < -0.4 is 0 Å². The highest BCUT2D eigenvalue weighted by molar-refractivity contribution is 7.09. The molecule has 176 valence electrons. The van der Waals surface area contributed by atoms with E-state index in [0.717, 1.165) is 25.2 Å². The number of halogens is 6.